The highest BCUT2D eigenvalue weighted by Gasteiger charge is 2.21. The molecule has 3 aromatic rings. The van der Waals surface area contributed by atoms with Crippen molar-refractivity contribution in [2.45, 2.75) is 11.8 Å². The molecule has 0 aliphatic rings. The Kier molecular flexibility index (Phi) is 4.78. The van der Waals surface area contributed by atoms with Gasteiger partial charge in [-0.1, -0.05) is 12.1 Å². The molecule has 0 radical (unpaired) electrons. The number of hydrogen-bond donors (Lipinski definition) is 1. The summed E-state index contributed by atoms with van der Waals surface area (Å²) in [6.45, 7) is 1.87. The van der Waals surface area contributed by atoms with Crippen LogP contribution in [0.25, 0.3) is 5.69 Å². The number of aromatic nitrogens is 1. The summed E-state index contributed by atoms with van der Waals surface area (Å²) in [6.07, 6.45) is 3.80. The molecule has 0 spiro atoms. The van der Waals surface area contributed by atoms with Crippen molar-refractivity contribution in [2.24, 2.45) is 0 Å². The van der Waals surface area contributed by atoms with E-state index in [1.54, 1.807) is 36.4 Å². The van der Waals surface area contributed by atoms with Gasteiger partial charge in [0.05, 0.1) is 0 Å². The average Bonchev–Trinajstić information content (AvgIpc) is 3.08. The minimum absolute atomic E-state index is 0.0176. The third kappa shape index (κ3) is 3.67. The summed E-state index contributed by atoms with van der Waals surface area (Å²) >= 11 is 3.19. The molecule has 0 saturated carbocycles. The maximum atomic E-state index is 12.4. The first kappa shape index (κ1) is 17.4. The van der Waals surface area contributed by atoms with Gasteiger partial charge in [0, 0.05) is 28.1 Å². The maximum absolute atomic E-state index is 12.4. The number of halogens is 1. The van der Waals surface area contributed by atoms with Crippen LogP contribution in [-0.4, -0.2) is 18.9 Å². The Morgan fingerprint density at radius 1 is 1.04 bits per heavy atom. The smallest absolute Gasteiger partial charge is 0.265 e. The summed E-state index contributed by atoms with van der Waals surface area (Å²) in [5.74, 6) is -0.669. The summed E-state index contributed by atoms with van der Waals surface area (Å²) < 4.78 is 29.2. The summed E-state index contributed by atoms with van der Waals surface area (Å²) in [7, 11) is -3.96. The first-order valence-electron chi connectivity index (χ1n) is 7.44. The first-order chi connectivity index (χ1) is 11.9. The van der Waals surface area contributed by atoms with Crippen LogP contribution < -0.4 is 4.72 Å². The fourth-order valence-corrected chi connectivity index (χ4v) is 4.46. The molecule has 0 aliphatic carbocycles. The van der Waals surface area contributed by atoms with E-state index in [0.717, 1.165) is 11.3 Å². The summed E-state index contributed by atoms with van der Waals surface area (Å²) in [5, 5.41) is 0. The lowest BCUT2D eigenvalue weighted by atomic mass is 10.1. The topological polar surface area (TPSA) is 68.2 Å². The molecule has 5 nitrogen and oxygen atoms in total. The predicted octanol–water partition coefficient (Wildman–Crippen LogP) is 3.67. The zero-order chi connectivity index (χ0) is 18.0. The van der Waals surface area contributed by atoms with Crippen molar-refractivity contribution < 1.29 is 13.2 Å². The number of amides is 1. The molecule has 0 aliphatic heterocycles. The number of aryl methyl sites for hydroxylation is 1. The van der Waals surface area contributed by atoms with Crippen LogP contribution in [0.3, 0.4) is 0 Å². The SMILES string of the molecule is Cc1cc(C(=O)NS(=O)(=O)c2ccccc2Br)ccc1-n1cccc1. The molecule has 1 aromatic heterocycles. The molecule has 128 valence electrons. The Bertz CT molecular complexity index is 1030. The van der Waals surface area contributed by atoms with Crippen molar-refractivity contribution in [2.75, 3.05) is 0 Å². The van der Waals surface area contributed by atoms with Crippen LogP contribution in [0.15, 0.2) is 76.4 Å². The third-order valence-corrected chi connectivity index (χ3v) is 6.04. The lowest BCUT2D eigenvalue weighted by Crippen LogP contribution is -2.30. The van der Waals surface area contributed by atoms with Crippen LogP contribution in [-0.2, 0) is 10.0 Å². The molecule has 0 atom stereocenters. The van der Waals surface area contributed by atoms with Gasteiger partial charge in [-0.05, 0) is 70.9 Å². The van der Waals surface area contributed by atoms with E-state index in [9.17, 15) is 13.2 Å². The zero-order valence-corrected chi connectivity index (χ0v) is 15.7. The van der Waals surface area contributed by atoms with Gasteiger partial charge in [-0.25, -0.2) is 13.1 Å². The number of carbonyl (C=O) groups excluding carboxylic acids is 1. The van der Waals surface area contributed by atoms with Gasteiger partial charge in [-0.15, -0.1) is 0 Å². The summed E-state index contributed by atoms with van der Waals surface area (Å²) in [4.78, 5) is 12.4. The Hall–Kier alpha value is -2.38. The molecule has 2 aromatic carbocycles. The van der Waals surface area contributed by atoms with E-state index in [1.807, 2.05) is 36.0 Å². The Morgan fingerprint density at radius 2 is 1.72 bits per heavy atom. The Balaban J connectivity index is 1.87. The van der Waals surface area contributed by atoms with Gasteiger partial charge >= 0.3 is 0 Å². The van der Waals surface area contributed by atoms with Crippen molar-refractivity contribution in [1.29, 1.82) is 0 Å². The van der Waals surface area contributed by atoms with Gasteiger partial charge in [0.25, 0.3) is 15.9 Å². The van der Waals surface area contributed by atoms with Gasteiger partial charge in [0.1, 0.15) is 4.90 Å². The zero-order valence-electron chi connectivity index (χ0n) is 13.3. The fraction of sp³-hybridized carbons (Fsp3) is 0.0556. The van der Waals surface area contributed by atoms with Gasteiger partial charge in [0.2, 0.25) is 0 Å². The second kappa shape index (κ2) is 6.85. The first-order valence-corrected chi connectivity index (χ1v) is 9.72. The van der Waals surface area contributed by atoms with Crippen molar-refractivity contribution in [3.8, 4) is 5.69 Å². The standard InChI is InChI=1S/C18H15BrN2O3S/c1-13-12-14(8-9-16(13)21-10-4-5-11-21)18(22)20-25(23,24)17-7-3-2-6-15(17)19/h2-12H,1H3,(H,20,22). The van der Waals surface area contributed by atoms with Gasteiger partial charge in [0.15, 0.2) is 0 Å². The van der Waals surface area contributed by atoms with E-state index in [1.165, 1.54) is 6.07 Å². The molecule has 1 N–H and O–H groups in total. The third-order valence-electron chi connectivity index (χ3n) is 3.69. The molecular weight excluding hydrogens is 404 g/mol. The van der Waals surface area contributed by atoms with Crippen LogP contribution in [0.1, 0.15) is 15.9 Å². The molecule has 0 bridgehead atoms. The molecule has 1 amide bonds. The lowest BCUT2D eigenvalue weighted by molar-refractivity contribution is 0.0981. The van der Waals surface area contributed by atoms with E-state index < -0.39 is 15.9 Å². The van der Waals surface area contributed by atoms with Crippen LogP contribution in [0.2, 0.25) is 0 Å². The largest absolute Gasteiger partial charge is 0.324 e. The summed E-state index contributed by atoms with van der Waals surface area (Å²) in [6, 6.07) is 15.2. The highest BCUT2D eigenvalue weighted by atomic mass is 79.9. The number of hydrogen-bond acceptors (Lipinski definition) is 3. The number of nitrogens with one attached hydrogen (secondary N) is 1. The maximum Gasteiger partial charge on any atom is 0.265 e. The van der Waals surface area contributed by atoms with E-state index in [0.29, 0.717) is 4.47 Å². The number of carbonyl (C=O) groups is 1. The van der Waals surface area contributed by atoms with Gasteiger partial charge < -0.3 is 4.57 Å². The number of sulfonamides is 1. The van der Waals surface area contributed by atoms with E-state index >= 15 is 0 Å². The molecule has 1 heterocycles. The average molecular weight is 419 g/mol. The van der Waals surface area contributed by atoms with E-state index in [2.05, 4.69) is 20.7 Å². The van der Waals surface area contributed by atoms with Crippen LogP contribution >= 0.6 is 15.9 Å². The Labute approximate surface area is 154 Å². The van der Waals surface area contributed by atoms with E-state index in [4.69, 9.17) is 0 Å². The van der Waals surface area contributed by atoms with Crippen molar-refractivity contribution in [1.82, 2.24) is 9.29 Å². The molecule has 3 rings (SSSR count). The molecule has 0 saturated heterocycles. The second-order valence-electron chi connectivity index (χ2n) is 5.46. The van der Waals surface area contributed by atoms with Crippen molar-refractivity contribution >= 4 is 31.9 Å². The second-order valence-corrected chi connectivity index (χ2v) is 7.96. The van der Waals surface area contributed by atoms with Gasteiger partial charge in [-0.3, -0.25) is 4.79 Å². The predicted molar refractivity (Wildman–Crippen MR) is 99.3 cm³/mol. The number of rotatable bonds is 4. The Morgan fingerprint density at radius 3 is 2.36 bits per heavy atom. The fourth-order valence-electron chi connectivity index (χ4n) is 2.48. The highest BCUT2D eigenvalue weighted by molar-refractivity contribution is 9.10. The molecule has 7 heteroatoms. The minimum Gasteiger partial charge on any atom is -0.324 e. The molecule has 25 heavy (non-hydrogen) atoms. The highest BCUT2D eigenvalue weighted by Crippen LogP contribution is 2.22. The van der Waals surface area contributed by atoms with Crippen LogP contribution in [0, 0.1) is 6.92 Å². The quantitative estimate of drug-likeness (QED) is 0.702. The lowest BCUT2D eigenvalue weighted by Gasteiger charge is -2.11. The van der Waals surface area contributed by atoms with Crippen LogP contribution in [0.4, 0.5) is 0 Å². The van der Waals surface area contributed by atoms with Crippen LogP contribution in [0.5, 0.6) is 0 Å². The minimum atomic E-state index is -3.96. The van der Waals surface area contributed by atoms with Crippen molar-refractivity contribution in [3.63, 3.8) is 0 Å². The number of benzene rings is 2. The van der Waals surface area contributed by atoms with E-state index in [-0.39, 0.29) is 10.5 Å². The number of nitrogens with zero attached hydrogens (tertiary/aromatic N) is 1. The monoisotopic (exact) mass is 418 g/mol. The molecule has 0 unspecified atom stereocenters. The normalized spacial score (nSPS) is 11.3. The summed E-state index contributed by atoms with van der Waals surface area (Å²) in [5.41, 5.74) is 2.07. The van der Waals surface area contributed by atoms with Gasteiger partial charge in [-0.2, -0.15) is 0 Å². The molecule has 0 fully saturated rings. The van der Waals surface area contributed by atoms with Crippen molar-refractivity contribution in [3.05, 3.63) is 82.6 Å². The molecular formula is C18H15BrN2O3S.